The molecule has 2 N–H and O–H groups in total. The standard InChI is InChI=1S/C20H21N3O2/c1-13-10-22-19(24)17-16(11-21-18(13)17)20(25)23-8-7-15(12-23)9-14-5-3-2-4-6-14/h2-6,10-11,15,21H,7-9,12H2,1H3,(H,22,24). The van der Waals surface area contributed by atoms with Crippen molar-refractivity contribution in [2.24, 2.45) is 5.92 Å². The van der Waals surface area contributed by atoms with Gasteiger partial charge in [0.05, 0.1) is 16.5 Å². The zero-order valence-corrected chi connectivity index (χ0v) is 14.2. The van der Waals surface area contributed by atoms with Gasteiger partial charge in [-0.25, -0.2) is 0 Å². The van der Waals surface area contributed by atoms with Gasteiger partial charge in [0.15, 0.2) is 0 Å². The number of aryl methyl sites for hydroxylation is 1. The Hall–Kier alpha value is -2.82. The summed E-state index contributed by atoms with van der Waals surface area (Å²) in [6, 6.07) is 10.4. The number of aromatic nitrogens is 2. The number of hydrogen-bond acceptors (Lipinski definition) is 2. The molecule has 0 bridgehead atoms. The van der Waals surface area contributed by atoms with Gasteiger partial charge >= 0.3 is 0 Å². The van der Waals surface area contributed by atoms with Crippen molar-refractivity contribution in [2.75, 3.05) is 13.1 Å². The topological polar surface area (TPSA) is 69.0 Å². The number of amides is 1. The summed E-state index contributed by atoms with van der Waals surface area (Å²) in [5.41, 5.74) is 3.23. The Bertz CT molecular complexity index is 972. The second kappa shape index (κ2) is 6.24. The lowest BCUT2D eigenvalue weighted by Gasteiger charge is -2.16. The molecular weight excluding hydrogens is 314 g/mol. The molecule has 1 fully saturated rings. The number of fused-ring (bicyclic) bond motifs is 1. The van der Waals surface area contributed by atoms with Crippen molar-refractivity contribution in [2.45, 2.75) is 19.8 Å². The van der Waals surface area contributed by atoms with Crippen molar-refractivity contribution in [3.05, 3.63) is 69.8 Å². The van der Waals surface area contributed by atoms with E-state index in [1.807, 2.05) is 30.0 Å². The van der Waals surface area contributed by atoms with Crippen LogP contribution in [-0.2, 0) is 6.42 Å². The molecule has 3 heterocycles. The fraction of sp³-hybridized carbons (Fsp3) is 0.300. The van der Waals surface area contributed by atoms with Crippen molar-refractivity contribution >= 4 is 16.8 Å². The molecule has 2 aromatic heterocycles. The number of pyridine rings is 1. The van der Waals surface area contributed by atoms with E-state index in [4.69, 9.17) is 0 Å². The quantitative estimate of drug-likeness (QED) is 0.773. The maximum Gasteiger partial charge on any atom is 0.258 e. The van der Waals surface area contributed by atoms with Gasteiger partial charge in [-0.1, -0.05) is 30.3 Å². The van der Waals surface area contributed by atoms with Gasteiger partial charge in [-0.2, -0.15) is 0 Å². The van der Waals surface area contributed by atoms with Gasteiger partial charge < -0.3 is 14.9 Å². The number of nitrogens with zero attached hydrogens (tertiary/aromatic N) is 1. The maximum absolute atomic E-state index is 12.9. The molecule has 3 aromatic rings. The van der Waals surface area contributed by atoms with Crippen LogP contribution >= 0.6 is 0 Å². The van der Waals surface area contributed by atoms with Gasteiger partial charge in [0, 0.05) is 25.5 Å². The Balaban J connectivity index is 1.55. The number of H-pyrrole nitrogens is 2. The molecule has 0 aliphatic carbocycles. The molecule has 1 aliphatic heterocycles. The van der Waals surface area contributed by atoms with Crippen LogP contribution in [0.4, 0.5) is 0 Å². The van der Waals surface area contributed by atoms with Gasteiger partial charge in [0.2, 0.25) is 0 Å². The summed E-state index contributed by atoms with van der Waals surface area (Å²) in [5.74, 6) is 0.412. The van der Waals surface area contributed by atoms with Gasteiger partial charge in [-0.3, -0.25) is 9.59 Å². The highest BCUT2D eigenvalue weighted by Gasteiger charge is 2.29. The van der Waals surface area contributed by atoms with Crippen molar-refractivity contribution in [3.63, 3.8) is 0 Å². The number of benzene rings is 1. The number of hydrogen-bond donors (Lipinski definition) is 2. The van der Waals surface area contributed by atoms with Crippen LogP contribution in [0.2, 0.25) is 0 Å². The summed E-state index contributed by atoms with van der Waals surface area (Å²) in [6.07, 6.45) is 5.32. The predicted octanol–water partition coefficient (Wildman–Crippen LogP) is 2.87. The second-order valence-electron chi connectivity index (χ2n) is 6.85. The van der Waals surface area contributed by atoms with Gasteiger partial charge in [-0.05, 0) is 36.8 Å². The maximum atomic E-state index is 12.9. The monoisotopic (exact) mass is 335 g/mol. The third-order valence-corrected chi connectivity index (χ3v) is 5.09. The van der Waals surface area contributed by atoms with Crippen molar-refractivity contribution in [1.29, 1.82) is 0 Å². The number of rotatable bonds is 3. The van der Waals surface area contributed by atoms with Crippen LogP contribution in [0.3, 0.4) is 0 Å². The average Bonchev–Trinajstić information content (AvgIpc) is 3.26. The number of carbonyl (C=O) groups is 1. The van der Waals surface area contributed by atoms with Gasteiger partial charge in [0.1, 0.15) is 0 Å². The molecule has 0 spiro atoms. The van der Waals surface area contributed by atoms with Crippen molar-refractivity contribution < 1.29 is 4.79 Å². The van der Waals surface area contributed by atoms with E-state index in [1.54, 1.807) is 12.4 Å². The number of nitrogens with one attached hydrogen (secondary N) is 2. The number of likely N-dealkylation sites (tertiary alicyclic amines) is 1. The molecule has 128 valence electrons. The van der Waals surface area contributed by atoms with E-state index in [0.29, 0.717) is 16.9 Å². The summed E-state index contributed by atoms with van der Waals surface area (Å²) < 4.78 is 0. The molecule has 5 nitrogen and oxygen atoms in total. The number of aromatic amines is 2. The van der Waals surface area contributed by atoms with E-state index in [-0.39, 0.29) is 11.5 Å². The van der Waals surface area contributed by atoms with Crippen LogP contribution in [0.25, 0.3) is 10.9 Å². The summed E-state index contributed by atoms with van der Waals surface area (Å²) in [4.78, 5) is 32.8. The van der Waals surface area contributed by atoms with Crippen LogP contribution in [0.1, 0.15) is 27.9 Å². The number of carbonyl (C=O) groups excluding carboxylic acids is 1. The third-order valence-electron chi connectivity index (χ3n) is 5.09. The van der Waals surface area contributed by atoms with Crippen LogP contribution in [0.15, 0.2) is 47.5 Å². The lowest BCUT2D eigenvalue weighted by Crippen LogP contribution is -2.29. The highest BCUT2D eigenvalue weighted by atomic mass is 16.2. The fourth-order valence-corrected chi connectivity index (χ4v) is 3.76. The molecule has 0 saturated carbocycles. The zero-order chi connectivity index (χ0) is 17.4. The lowest BCUT2D eigenvalue weighted by molar-refractivity contribution is 0.0789. The van der Waals surface area contributed by atoms with E-state index < -0.39 is 0 Å². The molecular formula is C20H21N3O2. The zero-order valence-electron chi connectivity index (χ0n) is 14.2. The Morgan fingerprint density at radius 2 is 2.00 bits per heavy atom. The van der Waals surface area contributed by atoms with E-state index in [9.17, 15) is 9.59 Å². The Morgan fingerprint density at radius 3 is 2.80 bits per heavy atom. The van der Waals surface area contributed by atoms with Crippen LogP contribution in [-0.4, -0.2) is 33.9 Å². The molecule has 25 heavy (non-hydrogen) atoms. The molecule has 1 amide bonds. The molecule has 1 aliphatic rings. The summed E-state index contributed by atoms with van der Waals surface area (Å²) in [7, 11) is 0. The Kier molecular flexibility index (Phi) is 3.92. The first-order valence-electron chi connectivity index (χ1n) is 8.66. The van der Waals surface area contributed by atoms with Crippen LogP contribution in [0.5, 0.6) is 0 Å². The molecule has 0 radical (unpaired) electrons. The second-order valence-corrected chi connectivity index (χ2v) is 6.85. The molecule has 1 atom stereocenters. The lowest BCUT2D eigenvalue weighted by atomic mass is 9.99. The summed E-state index contributed by atoms with van der Waals surface area (Å²) >= 11 is 0. The van der Waals surface area contributed by atoms with E-state index in [2.05, 4.69) is 22.1 Å². The van der Waals surface area contributed by atoms with Crippen molar-refractivity contribution in [1.82, 2.24) is 14.9 Å². The highest BCUT2D eigenvalue weighted by Crippen LogP contribution is 2.25. The highest BCUT2D eigenvalue weighted by molar-refractivity contribution is 6.07. The minimum absolute atomic E-state index is 0.0575. The van der Waals surface area contributed by atoms with Crippen LogP contribution < -0.4 is 5.56 Å². The minimum atomic E-state index is -0.217. The van der Waals surface area contributed by atoms with E-state index in [0.717, 1.165) is 37.0 Å². The van der Waals surface area contributed by atoms with Gasteiger partial charge in [0.25, 0.3) is 11.5 Å². The van der Waals surface area contributed by atoms with Gasteiger partial charge in [-0.15, -0.1) is 0 Å². The predicted molar refractivity (Wildman–Crippen MR) is 97.8 cm³/mol. The minimum Gasteiger partial charge on any atom is -0.360 e. The Labute approximate surface area is 145 Å². The average molecular weight is 335 g/mol. The van der Waals surface area contributed by atoms with Crippen molar-refractivity contribution in [3.8, 4) is 0 Å². The summed E-state index contributed by atoms with van der Waals surface area (Å²) in [6.45, 7) is 3.39. The first-order valence-corrected chi connectivity index (χ1v) is 8.66. The molecule has 4 rings (SSSR count). The van der Waals surface area contributed by atoms with E-state index in [1.165, 1.54) is 5.56 Å². The van der Waals surface area contributed by atoms with E-state index >= 15 is 0 Å². The normalized spacial score (nSPS) is 17.3. The first kappa shape index (κ1) is 15.7. The molecule has 1 aromatic carbocycles. The summed E-state index contributed by atoms with van der Waals surface area (Å²) in [5, 5.41) is 0.469. The smallest absolute Gasteiger partial charge is 0.258 e. The molecule has 5 heteroatoms. The first-order chi connectivity index (χ1) is 12.1. The fourth-order valence-electron chi connectivity index (χ4n) is 3.76. The third kappa shape index (κ3) is 2.86. The molecule has 1 saturated heterocycles. The van der Waals surface area contributed by atoms with Crippen LogP contribution in [0, 0.1) is 12.8 Å². The Morgan fingerprint density at radius 1 is 1.20 bits per heavy atom. The SMILES string of the molecule is Cc1c[nH]c(=O)c2c(C(=O)N3CCC(Cc4ccccc4)C3)c[nH]c12. The molecule has 1 unspecified atom stereocenters. The largest absolute Gasteiger partial charge is 0.360 e.